The van der Waals surface area contributed by atoms with Crippen molar-refractivity contribution in [2.24, 2.45) is 0 Å². The van der Waals surface area contributed by atoms with Crippen LogP contribution in [0.25, 0.3) is 119 Å². The lowest BCUT2D eigenvalue weighted by atomic mass is 9.92. The molecule has 0 saturated carbocycles. The summed E-state index contributed by atoms with van der Waals surface area (Å²) in [5, 5.41) is 26.3. The summed E-state index contributed by atoms with van der Waals surface area (Å²) in [6, 6.07) is 117. The van der Waals surface area contributed by atoms with Crippen molar-refractivity contribution in [2.45, 2.75) is 0 Å². The van der Waals surface area contributed by atoms with Gasteiger partial charge in [-0.15, -0.1) is 0 Å². The van der Waals surface area contributed by atoms with Gasteiger partial charge in [0.1, 0.15) is 0 Å². The Morgan fingerprint density at radius 3 is 0.500 bits per heavy atom. The summed E-state index contributed by atoms with van der Waals surface area (Å²) in [5.41, 5.74) is 7.10. The first-order chi connectivity index (χ1) is 39.6. The predicted molar refractivity (Wildman–Crippen MR) is 345 cm³/mol. The highest BCUT2D eigenvalue weighted by molar-refractivity contribution is 6.14. The van der Waals surface area contributed by atoms with Gasteiger partial charge in [0.05, 0.1) is 0 Å². The first kappa shape index (κ1) is 46.9. The van der Waals surface area contributed by atoms with Crippen molar-refractivity contribution in [1.82, 2.24) is 0 Å². The summed E-state index contributed by atoms with van der Waals surface area (Å²) in [6.45, 7) is 0. The van der Waals surface area contributed by atoms with Crippen molar-refractivity contribution >= 4 is 119 Å². The molecule has 16 bridgehead atoms. The van der Waals surface area contributed by atoms with E-state index in [2.05, 4.69) is 315 Å². The maximum absolute atomic E-state index is 2.39. The summed E-state index contributed by atoms with van der Waals surface area (Å²) in [5.74, 6) is 0. The maximum Gasteiger partial charge on any atom is -0.00268 e. The average Bonchev–Trinajstić information content (AvgIpc) is 3.55. The van der Waals surface area contributed by atoms with Crippen LogP contribution in [0.5, 0.6) is 0 Å². The first-order valence-corrected chi connectivity index (χ1v) is 27.7. The van der Waals surface area contributed by atoms with Gasteiger partial charge in [-0.05, 0) is 176 Å². The molecule has 0 spiro atoms. The third-order valence-corrected chi connectivity index (χ3v) is 16.5. The molecule has 0 heteroatoms. The van der Waals surface area contributed by atoms with Gasteiger partial charge in [0, 0.05) is 0 Å². The van der Waals surface area contributed by atoms with E-state index < -0.39 is 0 Å². The van der Waals surface area contributed by atoms with E-state index in [9.17, 15) is 0 Å². The van der Waals surface area contributed by atoms with Crippen molar-refractivity contribution in [2.75, 3.05) is 0 Å². The molecule has 0 saturated heterocycles. The summed E-state index contributed by atoms with van der Waals surface area (Å²) < 4.78 is 0. The SMILES string of the molecule is c1ccc(C(c2ccccc2)=c2c3ccc(cc3)c3ccc4ccc5ccc(cc5c4c3)c3ccc(cc3)c(=C(c3ccccc3)c3ccccc3)c3ccc(cc3)c3ccc4ccc5ccc(cc5c4c3)c3ccc2cc3)cc1. The van der Waals surface area contributed by atoms with E-state index in [-0.39, 0.29) is 0 Å². The molecule has 0 heterocycles. The van der Waals surface area contributed by atoms with Gasteiger partial charge in [-0.2, -0.15) is 0 Å². The molecule has 21 rings (SSSR count). The molecule has 0 unspecified atom stereocenters. The Morgan fingerprint density at radius 2 is 0.300 bits per heavy atom. The summed E-state index contributed by atoms with van der Waals surface area (Å²) in [7, 11) is 0. The van der Waals surface area contributed by atoms with Crippen LogP contribution >= 0.6 is 0 Å². The van der Waals surface area contributed by atoms with Crippen LogP contribution in [0.15, 0.2) is 315 Å². The van der Waals surface area contributed by atoms with Gasteiger partial charge in [-0.1, -0.05) is 291 Å². The van der Waals surface area contributed by atoms with E-state index >= 15 is 0 Å². The highest BCUT2D eigenvalue weighted by Gasteiger charge is 2.12. The third-order valence-electron chi connectivity index (χ3n) is 16.5. The predicted octanol–water partition coefficient (Wildman–Crippen LogP) is 20.0. The molecule has 0 N–H and O–H groups in total. The topological polar surface area (TPSA) is 0 Å². The molecular weight excluding hydrogens is 961 g/mol. The van der Waals surface area contributed by atoms with Crippen LogP contribution in [-0.4, -0.2) is 0 Å². The highest BCUT2D eigenvalue weighted by atomic mass is 14.2. The number of benzene rings is 14. The normalized spacial score (nSPS) is 11.5. The summed E-state index contributed by atoms with van der Waals surface area (Å²) in [4.78, 5) is 0. The Balaban J connectivity index is 1.06. The molecule has 21 aromatic carbocycles. The molecule has 0 radical (unpaired) electrons. The monoisotopic (exact) mass is 1010 g/mol. The minimum atomic E-state index is 1.16. The second kappa shape index (κ2) is 19.9. The number of hydrogen-bond acceptors (Lipinski definition) is 0. The molecule has 0 aromatic heterocycles. The van der Waals surface area contributed by atoms with Crippen molar-refractivity contribution in [3.05, 3.63) is 348 Å². The standard InChI is InChI=1S/C80H52/c1-5-13-61(14-6-1)77(62-15-7-2-8-16-62)79-65-37-21-53(22-38-65)69-45-33-57-29-31-59-35-47-71(51-75(59)73(57)49-69)55-25-41-67(42-26-55)80(78(63-17-9-3-10-18-63)64-19-11-4-12-20-64)68-43-27-56(28-44-68)72-48-36-60-32-30-58-34-46-70(50-74(58)76(60)52-72)54-23-39-66(79)40-24-54/h1-52H. The number of rotatable bonds is 4. The lowest BCUT2D eigenvalue weighted by Gasteiger charge is -2.11. The molecule has 21 aromatic rings. The van der Waals surface area contributed by atoms with Gasteiger partial charge in [-0.3, -0.25) is 0 Å². The van der Waals surface area contributed by atoms with E-state index in [1.54, 1.807) is 0 Å². The number of hydrogen-bond donors (Lipinski definition) is 0. The largest absolute Gasteiger partial charge is 0.0622 e. The van der Waals surface area contributed by atoms with Gasteiger partial charge in [0.15, 0.2) is 0 Å². The molecule has 0 nitrogen and oxygen atoms in total. The third kappa shape index (κ3) is 8.52. The summed E-state index contributed by atoms with van der Waals surface area (Å²) >= 11 is 0. The lowest BCUT2D eigenvalue weighted by Crippen LogP contribution is -2.10. The van der Waals surface area contributed by atoms with Crippen LogP contribution in [0.4, 0.5) is 0 Å². The summed E-state index contributed by atoms with van der Waals surface area (Å²) in [6.07, 6.45) is 0. The zero-order chi connectivity index (χ0) is 52.9. The van der Waals surface area contributed by atoms with E-state index in [4.69, 9.17) is 0 Å². The van der Waals surface area contributed by atoms with Crippen LogP contribution < -0.4 is 10.4 Å². The minimum absolute atomic E-state index is 1.16. The first-order valence-electron chi connectivity index (χ1n) is 27.7. The van der Waals surface area contributed by atoms with Crippen molar-refractivity contribution in [1.29, 1.82) is 0 Å². The zero-order valence-corrected chi connectivity index (χ0v) is 44.0. The van der Waals surface area contributed by atoms with Gasteiger partial charge in [-0.25, -0.2) is 0 Å². The molecule has 372 valence electrons. The fourth-order valence-electron chi connectivity index (χ4n) is 12.4. The van der Waals surface area contributed by atoms with E-state index in [0.29, 0.717) is 0 Å². The van der Waals surface area contributed by atoms with Crippen LogP contribution in [0, 0.1) is 0 Å². The molecule has 0 amide bonds. The van der Waals surface area contributed by atoms with Crippen LogP contribution in [0.3, 0.4) is 0 Å². The lowest BCUT2D eigenvalue weighted by molar-refractivity contribution is 1.52. The Hall–Kier alpha value is -10.4. The second-order valence-electron chi connectivity index (χ2n) is 21.1. The maximum atomic E-state index is 2.39. The average molecular weight is 1010 g/mol. The van der Waals surface area contributed by atoms with Crippen molar-refractivity contribution in [3.63, 3.8) is 0 Å². The minimum Gasteiger partial charge on any atom is -0.0622 e. The molecule has 0 aliphatic carbocycles. The van der Waals surface area contributed by atoms with E-state index in [0.717, 1.165) is 21.5 Å². The van der Waals surface area contributed by atoms with E-state index in [1.165, 1.54) is 130 Å². The molecular formula is C80H52. The second-order valence-corrected chi connectivity index (χ2v) is 21.1. The fraction of sp³-hybridized carbons (Fsp3) is 0. The van der Waals surface area contributed by atoms with Crippen LogP contribution in [0.1, 0.15) is 22.3 Å². The Morgan fingerprint density at radius 1 is 0.138 bits per heavy atom. The Labute approximate surface area is 464 Å². The highest BCUT2D eigenvalue weighted by Crippen LogP contribution is 2.33. The molecule has 0 fully saturated rings. The zero-order valence-electron chi connectivity index (χ0n) is 44.0. The van der Waals surface area contributed by atoms with Crippen molar-refractivity contribution in [3.8, 4) is 0 Å². The van der Waals surface area contributed by atoms with Crippen LogP contribution in [-0.2, 0) is 0 Å². The van der Waals surface area contributed by atoms with Crippen molar-refractivity contribution < 1.29 is 0 Å². The van der Waals surface area contributed by atoms with Gasteiger partial charge in [0.25, 0.3) is 0 Å². The fourth-order valence-corrected chi connectivity index (χ4v) is 12.4. The van der Waals surface area contributed by atoms with Gasteiger partial charge < -0.3 is 0 Å². The Kier molecular flexibility index (Phi) is 11.6. The van der Waals surface area contributed by atoms with E-state index in [1.807, 2.05) is 0 Å². The molecule has 0 aliphatic heterocycles. The molecule has 80 heavy (non-hydrogen) atoms. The Bertz CT molecular complexity index is 4520. The molecule has 0 atom stereocenters. The molecule has 0 aliphatic rings. The quantitative estimate of drug-likeness (QED) is 0.154. The van der Waals surface area contributed by atoms with Gasteiger partial charge >= 0.3 is 0 Å². The van der Waals surface area contributed by atoms with Gasteiger partial charge in [0.2, 0.25) is 0 Å². The van der Waals surface area contributed by atoms with Crippen LogP contribution in [0.2, 0.25) is 0 Å². The smallest absolute Gasteiger partial charge is 0.00268 e.